The molecule has 6 aromatic carbocycles. The van der Waals surface area contributed by atoms with Crippen molar-refractivity contribution in [2.75, 3.05) is 0 Å². The number of fused-ring (bicyclic) bond motifs is 10. The van der Waals surface area contributed by atoms with Crippen LogP contribution in [0.1, 0.15) is 0 Å². The average molecular weight is 503 g/mol. The monoisotopic (exact) mass is 502 g/mol. The smallest absolute Gasteiger partial charge is 0.136 e. The Balaban J connectivity index is 1.40. The molecule has 38 heavy (non-hydrogen) atoms. The van der Waals surface area contributed by atoms with Crippen molar-refractivity contribution in [3.63, 3.8) is 0 Å². The SMILES string of the molecule is c1cccc(-c2ccc3c(c2)oc2ccc4c(ccc5c6ccccc6sc54)c23)c2ccccc2ccc1. The fourth-order valence-corrected chi connectivity index (χ4v) is 6.99. The molecule has 0 fully saturated rings. The van der Waals surface area contributed by atoms with Crippen LogP contribution in [0, 0.1) is 0 Å². The van der Waals surface area contributed by atoms with Gasteiger partial charge in [0.2, 0.25) is 0 Å². The Hall–Kier alpha value is -4.66. The van der Waals surface area contributed by atoms with Gasteiger partial charge in [-0.25, -0.2) is 0 Å². The fourth-order valence-electron chi connectivity index (χ4n) is 5.76. The average Bonchev–Trinajstić information content (AvgIpc) is 3.53. The first-order chi connectivity index (χ1) is 18.8. The van der Waals surface area contributed by atoms with Crippen molar-refractivity contribution < 1.29 is 4.42 Å². The minimum Gasteiger partial charge on any atom is -0.456 e. The largest absolute Gasteiger partial charge is 0.456 e. The van der Waals surface area contributed by atoms with Gasteiger partial charge in [0.25, 0.3) is 0 Å². The summed E-state index contributed by atoms with van der Waals surface area (Å²) in [6, 6.07) is 47.5. The van der Waals surface area contributed by atoms with Crippen LogP contribution in [0.15, 0.2) is 138 Å². The second-order valence-electron chi connectivity index (χ2n) is 9.68. The maximum atomic E-state index is 6.48. The summed E-state index contributed by atoms with van der Waals surface area (Å²) in [6.45, 7) is 0. The fraction of sp³-hybridized carbons (Fsp3) is 0. The van der Waals surface area contributed by atoms with Gasteiger partial charge in [0.15, 0.2) is 0 Å². The Kier molecular flexibility index (Phi) is 4.76. The van der Waals surface area contributed by atoms with Crippen LogP contribution in [-0.4, -0.2) is 0 Å². The molecule has 1 nitrogen and oxygen atoms in total. The van der Waals surface area contributed by atoms with E-state index in [0.29, 0.717) is 0 Å². The van der Waals surface area contributed by atoms with Gasteiger partial charge < -0.3 is 4.42 Å². The first-order valence-electron chi connectivity index (χ1n) is 12.9. The van der Waals surface area contributed by atoms with Crippen LogP contribution in [0.3, 0.4) is 0 Å². The lowest BCUT2D eigenvalue weighted by Gasteiger charge is -2.05. The summed E-state index contributed by atoms with van der Waals surface area (Å²) in [5.41, 5.74) is 4.16. The van der Waals surface area contributed by atoms with Crippen molar-refractivity contribution in [3.05, 3.63) is 133 Å². The van der Waals surface area contributed by atoms with Gasteiger partial charge >= 0.3 is 0 Å². The number of furan rings is 1. The zero-order valence-electron chi connectivity index (χ0n) is 20.5. The molecular weight excluding hydrogens is 480 g/mol. The molecule has 0 aliphatic rings. The molecule has 0 aliphatic heterocycles. The molecule has 2 aromatic heterocycles. The van der Waals surface area contributed by atoms with E-state index in [1.807, 2.05) is 11.3 Å². The third-order valence-corrected chi connectivity index (χ3v) is 8.74. The van der Waals surface area contributed by atoms with Gasteiger partial charge in [0.05, 0.1) is 0 Å². The van der Waals surface area contributed by atoms with Crippen molar-refractivity contribution in [3.8, 4) is 11.1 Å². The van der Waals surface area contributed by atoms with Crippen LogP contribution >= 0.6 is 11.3 Å². The lowest BCUT2D eigenvalue weighted by Crippen LogP contribution is -1.80. The van der Waals surface area contributed by atoms with Crippen LogP contribution in [0.2, 0.25) is 0 Å². The van der Waals surface area contributed by atoms with Gasteiger partial charge in [-0.15, -0.1) is 11.3 Å². The van der Waals surface area contributed by atoms with Crippen molar-refractivity contribution in [2.45, 2.75) is 0 Å². The van der Waals surface area contributed by atoms with Gasteiger partial charge in [0.1, 0.15) is 11.2 Å². The predicted octanol–water partition coefficient (Wildman–Crippen LogP) is 11.1. The van der Waals surface area contributed by atoms with Crippen LogP contribution in [0.25, 0.3) is 74.8 Å². The molecule has 0 saturated carbocycles. The summed E-state index contributed by atoms with van der Waals surface area (Å²) in [7, 11) is 0. The summed E-state index contributed by atoms with van der Waals surface area (Å²) >= 11 is 1.87. The van der Waals surface area contributed by atoms with Crippen molar-refractivity contribution in [1.82, 2.24) is 0 Å². The molecule has 2 heterocycles. The summed E-state index contributed by atoms with van der Waals surface area (Å²) < 4.78 is 9.16. The third kappa shape index (κ3) is 3.24. The molecule has 0 atom stereocenters. The van der Waals surface area contributed by atoms with E-state index >= 15 is 0 Å². The van der Waals surface area contributed by atoms with Gasteiger partial charge in [-0.05, 0) is 57.6 Å². The lowest BCUT2D eigenvalue weighted by atomic mass is 9.98. The number of benzene rings is 5. The zero-order valence-corrected chi connectivity index (χ0v) is 21.3. The maximum Gasteiger partial charge on any atom is 0.136 e. The number of thiophene rings is 1. The van der Waals surface area contributed by atoms with E-state index < -0.39 is 0 Å². The Labute approximate surface area is 223 Å². The topological polar surface area (TPSA) is 13.1 Å². The van der Waals surface area contributed by atoms with Crippen molar-refractivity contribution >= 4 is 75.0 Å². The molecule has 0 bridgehead atoms. The molecule has 0 N–H and O–H groups in total. The maximum absolute atomic E-state index is 6.48. The normalized spacial score (nSPS) is 11.7. The van der Waals surface area contributed by atoms with E-state index in [1.165, 1.54) is 52.7 Å². The Bertz CT molecular complexity index is 2250. The van der Waals surface area contributed by atoms with Crippen LogP contribution in [-0.2, 0) is 0 Å². The first kappa shape index (κ1) is 21.4. The summed E-state index contributed by atoms with van der Waals surface area (Å²) in [4.78, 5) is 0. The number of rotatable bonds is 1. The number of hydrogen-bond donors (Lipinski definition) is 0. The molecule has 0 amide bonds. The highest BCUT2D eigenvalue weighted by atomic mass is 32.1. The van der Waals surface area contributed by atoms with Gasteiger partial charge in [-0.2, -0.15) is 0 Å². The van der Waals surface area contributed by atoms with E-state index in [9.17, 15) is 0 Å². The zero-order chi connectivity index (χ0) is 25.1. The predicted molar refractivity (Wildman–Crippen MR) is 165 cm³/mol. The quantitative estimate of drug-likeness (QED) is 0.217. The van der Waals surface area contributed by atoms with Gasteiger partial charge in [-0.1, -0.05) is 103 Å². The van der Waals surface area contributed by atoms with E-state index in [-0.39, 0.29) is 0 Å². The third-order valence-electron chi connectivity index (χ3n) is 7.52. The van der Waals surface area contributed by atoms with Crippen molar-refractivity contribution in [2.24, 2.45) is 0 Å². The molecule has 2 heteroatoms. The molecule has 0 spiro atoms. The Morgan fingerprint density at radius 1 is 0.447 bits per heavy atom. The van der Waals surface area contributed by atoms with Crippen LogP contribution < -0.4 is 0 Å². The van der Waals surface area contributed by atoms with E-state index in [1.54, 1.807) is 0 Å². The van der Waals surface area contributed by atoms with Gasteiger partial charge in [-0.3, -0.25) is 0 Å². The Morgan fingerprint density at radius 2 is 1.11 bits per heavy atom. The molecule has 0 radical (unpaired) electrons. The first-order valence-corrected chi connectivity index (χ1v) is 13.7. The molecule has 0 aliphatic carbocycles. The molecule has 8 rings (SSSR count). The summed E-state index contributed by atoms with van der Waals surface area (Å²) in [5, 5.41) is 9.94. The molecule has 178 valence electrons. The second kappa shape index (κ2) is 8.44. The Morgan fingerprint density at radius 3 is 2.03 bits per heavy atom. The van der Waals surface area contributed by atoms with Crippen LogP contribution in [0.5, 0.6) is 0 Å². The highest BCUT2D eigenvalue weighted by Gasteiger charge is 2.15. The highest BCUT2D eigenvalue weighted by molar-refractivity contribution is 7.26. The van der Waals surface area contributed by atoms with E-state index in [0.717, 1.165) is 22.1 Å². The summed E-state index contributed by atoms with van der Waals surface area (Å²) in [5.74, 6) is 0. The minimum atomic E-state index is 0.913. The van der Waals surface area contributed by atoms with Crippen LogP contribution in [0.4, 0.5) is 0 Å². The standard InChI is InChI=1S/C36H22OS/c1-2-4-10-23-11-6-7-13-25(23)26(12-5-3-1)24-16-17-31-33(22-24)37-32-21-20-30-28(35(31)32)18-19-29-27-14-8-9-15-34(27)38-36(29)30/h1-22H. The minimum absolute atomic E-state index is 0.913. The molecular formula is C36H22OS. The molecule has 0 saturated heterocycles. The lowest BCUT2D eigenvalue weighted by molar-refractivity contribution is 0.669. The molecule has 8 aromatic rings. The van der Waals surface area contributed by atoms with E-state index in [2.05, 4.69) is 133 Å². The summed E-state index contributed by atoms with van der Waals surface area (Å²) in [6.07, 6.45) is 0. The van der Waals surface area contributed by atoms with E-state index in [4.69, 9.17) is 4.42 Å². The van der Waals surface area contributed by atoms with Gasteiger partial charge in [0, 0.05) is 36.3 Å². The molecule has 0 unspecified atom stereocenters. The number of hydrogen-bond acceptors (Lipinski definition) is 2. The second-order valence-corrected chi connectivity index (χ2v) is 10.7. The highest BCUT2D eigenvalue weighted by Crippen LogP contribution is 2.43. The van der Waals surface area contributed by atoms with Crippen molar-refractivity contribution in [1.29, 1.82) is 0 Å².